The van der Waals surface area contributed by atoms with Crippen LogP contribution in [0.3, 0.4) is 0 Å². The second-order valence-electron chi connectivity index (χ2n) is 5.90. The lowest BCUT2D eigenvalue weighted by molar-refractivity contribution is 0.0957. The molecule has 0 aliphatic heterocycles. The first-order chi connectivity index (χ1) is 9.83. The molecule has 0 unspecified atom stereocenters. The lowest BCUT2D eigenvalue weighted by Crippen LogP contribution is -2.08. The van der Waals surface area contributed by atoms with Crippen LogP contribution in [0.15, 0.2) is 36.5 Å². The Morgan fingerprint density at radius 3 is 2.65 bits per heavy atom. The van der Waals surface area contributed by atoms with Gasteiger partial charge in [0, 0.05) is 23.6 Å². The van der Waals surface area contributed by atoms with E-state index in [0.29, 0.717) is 12.3 Å². The lowest BCUT2D eigenvalue weighted by atomic mass is 9.92. The molecule has 1 heterocycles. The van der Waals surface area contributed by atoms with E-state index in [1.165, 1.54) is 38.5 Å². The molecule has 0 amide bonds. The molecule has 0 spiro atoms. The van der Waals surface area contributed by atoms with Gasteiger partial charge < -0.3 is 0 Å². The molecule has 0 radical (unpaired) electrons. The predicted molar refractivity (Wildman–Crippen MR) is 81.9 cm³/mol. The van der Waals surface area contributed by atoms with E-state index in [1.807, 2.05) is 30.3 Å². The van der Waals surface area contributed by atoms with Gasteiger partial charge in [-0.15, -0.1) is 0 Å². The largest absolute Gasteiger partial charge is 0.294 e. The standard InChI is InChI=1S/C18H21NO/c20-18(11-14-7-3-1-2-4-8-14)16-12-15-9-5-6-10-17(15)19-13-16/h5-6,9-10,12-14H,1-4,7-8,11H2. The number of nitrogens with zero attached hydrogens (tertiary/aromatic N) is 1. The van der Waals surface area contributed by atoms with Crippen molar-refractivity contribution in [3.63, 3.8) is 0 Å². The maximum Gasteiger partial charge on any atom is 0.164 e. The Hall–Kier alpha value is -1.70. The molecule has 2 aromatic rings. The lowest BCUT2D eigenvalue weighted by Gasteiger charge is -2.12. The van der Waals surface area contributed by atoms with Crippen LogP contribution in [0.2, 0.25) is 0 Å². The molecule has 0 bridgehead atoms. The van der Waals surface area contributed by atoms with Gasteiger partial charge in [-0.1, -0.05) is 56.7 Å². The van der Waals surface area contributed by atoms with Crippen LogP contribution < -0.4 is 0 Å². The third-order valence-electron chi connectivity index (χ3n) is 4.36. The van der Waals surface area contributed by atoms with Gasteiger partial charge in [0.25, 0.3) is 0 Å². The summed E-state index contributed by atoms with van der Waals surface area (Å²) in [5.41, 5.74) is 1.73. The number of ketones is 1. The SMILES string of the molecule is O=C(CC1CCCCCC1)c1cnc2ccccc2c1. The van der Waals surface area contributed by atoms with E-state index in [0.717, 1.165) is 16.5 Å². The van der Waals surface area contributed by atoms with Crippen molar-refractivity contribution in [2.24, 2.45) is 5.92 Å². The number of benzene rings is 1. The van der Waals surface area contributed by atoms with E-state index in [2.05, 4.69) is 4.98 Å². The van der Waals surface area contributed by atoms with Gasteiger partial charge in [-0.2, -0.15) is 0 Å². The minimum Gasteiger partial charge on any atom is -0.294 e. The summed E-state index contributed by atoms with van der Waals surface area (Å²) >= 11 is 0. The van der Waals surface area contributed by atoms with Gasteiger partial charge in [0.2, 0.25) is 0 Å². The molecule has 1 aromatic heterocycles. The number of fused-ring (bicyclic) bond motifs is 1. The molecule has 2 heteroatoms. The number of para-hydroxylation sites is 1. The molecule has 104 valence electrons. The normalized spacial score (nSPS) is 17.0. The van der Waals surface area contributed by atoms with Crippen molar-refractivity contribution in [3.05, 3.63) is 42.1 Å². The summed E-state index contributed by atoms with van der Waals surface area (Å²) in [5.74, 6) is 0.839. The highest BCUT2D eigenvalue weighted by Gasteiger charge is 2.17. The maximum atomic E-state index is 12.4. The highest BCUT2D eigenvalue weighted by molar-refractivity contribution is 5.98. The van der Waals surface area contributed by atoms with E-state index >= 15 is 0 Å². The molecule has 0 N–H and O–H groups in total. The summed E-state index contributed by atoms with van der Waals surface area (Å²) in [6, 6.07) is 9.95. The molecule has 0 atom stereocenters. The van der Waals surface area contributed by atoms with Gasteiger partial charge in [0.05, 0.1) is 5.52 Å². The molecule has 20 heavy (non-hydrogen) atoms. The summed E-state index contributed by atoms with van der Waals surface area (Å²) < 4.78 is 0. The zero-order valence-corrected chi connectivity index (χ0v) is 11.8. The number of rotatable bonds is 3. The Morgan fingerprint density at radius 2 is 1.85 bits per heavy atom. The first-order valence-electron chi connectivity index (χ1n) is 7.71. The van der Waals surface area contributed by atoms with Crippen LogP contribution in [-0.4, -0.2) is 10.8 Å². The highest BCUT2D eigenvalue weighted by atomic mass is 16.1. The fourth-order valence-corrected chi connectivity index (χ4v) is 3.17. The Kier molecular flexibility index (Phi) is 4.10. The number of carbonyl (C=O) groups excluding carboxylic acids is 1. The van der Waals surface area contributed by atoms with Crippen molar-refractivity contribution >= 4 is 16.7 Å². The van der Waals surface area contributed by atoms with Crippen LogP contribution in [0.1, 0.15) is 55.3 Å². The van der Waals surface area contributed by atoms with Gasteiger partial charge in [-0.3, -0.25) is 9.78 Å². The van der Waals surface area contributed by atoms with Crippen molar-refractivity contribution in [1.82, 2.24) is 4.98 Å². The smallest absolute Gasteiger partial charge is 0.164 e. The Bertz CT molecular complexity index is 597. The minimum absolute atomic E-state index is 0.259. The van der Waals surface area contributed by atoms with Gasteiger partial charge >= 0.3 is 0 Å². The molecule has 1 fully saturated rings. The van der Waals surface area contributed by atoms with Gasteiger partial charge in [0.15, 0.2) is 5.78 Å². The average Bonchev–Trinajstić information content (AvgIpc) is 2.75. The van der Waals surface area contributed by atoms with Crippen molar-refractivity contribution in [1.29, 1.82) is 0 Å². The van der Waals surface area contributed by atoms with Gasteiger partial charge in [-0.05, 0) is 18.1 Å². The van der Waals surface area contributed by atoms with E-state index in [1.54, 1.807) is 6.20 Å². The fraction of sp³-hybridized carbons (Fsp3) is 0.444. The molecular formula is C18H21NO. The van der Waals surface area contributed by atoms with Crippen LogP contribution in [0.25, 0.3) is 10.9 Å². The molecule has 1 aliphatic rings. The van der Waals surface area contributed by atoms with Crippen LogP contribution in [0.5, 0.6) is 0 Å². The van der Waals surface area contributed by atoms with Crippen LogP contribution in [0.4, 0.5) is 0 Å². The number of Topliss-reactive ketones (excluding diaryl/α,β-unsaturated/α-hetero) is 1. The van der Waals surface area contributed by atoms with E-state index in [-0.39, 0.29) is 5.78 Å². The summed E-state index contributed by atoms with van der Waals surface area (Å²) in [4.78, 5) is 16.8. The predicted octanol–water partition coefficient (Wildman–Crippen LogP) is 4.78. The number of hydrogen-bond acceptors (Lipinski definition) is 2. The summed E-state index contributed by atoms with van der Waals surface area (Å²) in [6.45, 7) is 0. The number of hydrogen-bond donors (Lipinski definition) is 0. The third kappa shape index (κ3) is 3.06. The van der Waals surface area contributed by atoms with E-state index in [9.17, 15) is 4.79 Å². The Morgan fingerprint density at radius 1 is 1.10 bits per heavy atom. The zero-order valence-electron chi connectivity index (χ0n) is 11.8. The Labute approximate surface area is 120 Å². The first kappa shape index (κ1) is 13.3. The summed E-state index contributed by atoms with van der Waals surface area (Å²) in [7, 11) is 0. The average molecular weight is 267 g/mol. The minimum atomic E-state index is 0.259. The van der Waals surface area contributed by atoms with E-state index < -0.39 is 0 Å². The van der Waals surface area contributed by atoms with E-state index in [4.69, 9.17) is 0 Å². The molecular weight excluding hydrogens is 246 g/mol. The van der Waals surface area contributed by atoms with Crippen LogP contribution >= 0.6 is 0 Å². The molecule has 3 rings (SSSR count). The number of aromatic nitrogens is 1. The van der Waals surface area contributed by atoms with Crippen LogP contribution in [0, 0.1) is 5.92 Å². The van der Waals surface area contributed by atoms with Crippen molar-refractivity contribution in [2.75, 3.05) is 0 Å². The number of carbonyl (C=O) groups is 1. The Balaban J connectivity index is 1.74. The fourth-order valence-electron chi connectivity index (χ4n) is 3.17. The first-order valence-corrected chi connectivity index (χ1v) is 7.71. The molecule has 1 aromatic carbocycles. The van der Waals surface area contributed by atoms with Gasteiger partial charge in [-0.25, -0.2) is 0 Å². The van der Waals surface area contributed by atoms with Crippen molar-refractivity contribution in [2.45, 2.75) is 44.9 Å². The molecule has 1 saturated carbocycles. The maximum absolute atomic E-state index is 12.4. The monoisotopic (exact) mass is 267 g/mol. The summed E-state index contributed by atoms with van der Waals surface area (Å²) in [6.07, 6.45) is 10.1. The number of pyridine rings is 1. The van der Waals surface area contributed by atoms with Crippen molar-refractivity contribution in [3.8, 4) is 0 Å². The van der Waals surface area contributed by atoms with Crippen LogP contribution in [-0.2, 0) is 0 Å². The third-order valence-corrected chi connectivity index (χ3v) is 4.36. The van der Waals surface area contributed by atoms with Gasteiger partial charge in [0.1, 0.15) is 0 Å². The molecule has 2 nitrogen and oxygen atoms in total. The highest BCUT2D eigenvalue weighted by Crippen LogP contribution is 2.27. The molecule has 0 saturated heterocycles. The topological polar surface area (TPSA) is 30.0 Å². The molecule has 1 aliphatic carbocycles. The second kappa shape index (κ2) is 6.17. The zero-order chi connectivity index (χ0) is 13.8. The second-order valence-corrected chi connectivity index (χ2v) is 5.90. The summed E-state index contributed by atoms with van der Waals surface area (Å²) in [5, 5.41) is 1.05. The quantitative estimate of drug-likeness (QED) is 0.592. The van der Waals surface area contributed by atoms with Crippen molar-refractivity contribution < 1.29 is 4.79 Å².